The van der Waals surface area contributed by atoms with Gasteiger partial charge < -0.3 is 15.0 Å². The summed E-state index contributed by atoms with van der Waals surface area (Å²) in [5.41, 5.74) is 2.33. The molecule has 0 aromatic carbocycles. The summed E-state index contributed by atoms with van der Waals surface area (Å²) in [6.07, 6.45) is -1.59. The summed E-state index contributed by atoms with van der Waals surface area (Å²) in [6.45, 7) is 5.65. The van der Waals surface area contributed by atoms with Crippen molar-refractivity contribution in [2.24, 2.45) is 0 Å². The second-order valence-corrected chi connectivity index (χ2v) is 7.66. The molecule has 0 spiro atoms. The van der Waals surface area contributed by atoms with Crippen LogP contribution in [0.1, 0.15) is 47.2 Å². The second-order valence-electron chi connectivity index (χ2n) is 7.32. The van der Waals surface area contributed by atoms with Crippen molar-refractivity contribution in [3.8, 4) is 11.4 Å². The van der Waals surface area contributed by atoms with Crippen molar-refractivity contribution in [2.45, 2.75) is 52.5 Å². The fourth-order valence-electron chi connectivity index (χ4n) is 3.30. The lowest BCUT2D eigenvalue weighted by Crippen LogP contribution is -2.32. The number of alkyl halides is 3. The molecule has 3 rings (SSSR count). The number of aromatic nitrogens is 6. The third-order valence-corrected chi connectivity index (χ3v) is 5.00. The number of nitrogens with zero attached hydrogens (tertiary/aromatic N) is 6. The zero-order valence-corrected chi connectivity index (χ0v) is 18.7. The number of hydrogen-bond donors (Lipinski definition) is 2. The molecule has 3 heterocycles. The molecule has 13 heteroatoms. The third kappa shape index (κ3) is 5.63. The third-order valence-electron chi connectivity index (χ3n) is 4.82. The van der Waals surface area contributed by atoms with Crippen molar-refractivity contribution in [2.75, 3.05) is 0 Å². The van der Waals surface area contributed by atoms with E-state index in [-0.39, 0.29) is 35.9 Å². The van der Waals surface area contributed by atoms with Gasteiger partial charge in [0.2, 0.25) is 16.9 Å². The first-order valence-corrected chi connectivity index (χ1v) is 10.3. The van der Waals surface area contributed by atoms with E-state index in [1.807, 2.05) is 6.92 Å². The van der Waals surface area contributed by atoms with E-state index in [4.69, 9.17) is 11.6 Å². The first-order chi connectivity index (χ1) is 15.5. The molecule has 2 N–H and O–H groups in total. The summed E-state index contributed by atoms with van der Waals surface area (Å²) >= 11 is 5.93. The maximum Gasteiger partial charge on any atom is 0.451 e. The molecule has 0 aliphatic rings. The number of carbonyl (C=O) groups is 1. The molecular weight excluding hydrogens is 463 g/mol. The van der Waals surface area contributed by atoms with E-state index in [0.717, 1.165) is 6.20 Å². The van der Waals surface area contributed by atoms with Crippen molar-refractivity contribution in [3.05, 3.63) is 52.3 Å². The van der Waals surface area contributed by atoms with Crippen LogP contribution in [0, 0.1) is 6.92 Å². The summed E-state index contributed by atoms with van der Waals surface area (Å²) in [5.74, 6) is -2.60. The van der Waals surface area contributed by atoms with Gasteiger partial charge in [0.15, 0.2) is 0 Å². The number of carboxylic acid groups (broad SMARTS) is 1. The molecule has 0 aliphatic heterocycles. The second kappa shape index (κ2) is 9.79. The number of hydrogen-bond acceptors (Lipinski definition) is 7. The van der Waals surface area contributed by atoms with Crippen LogP contribution >= 0.6 is 11.6 Å². The summed E-state index contributed by atoms with van der Waals surface area (Å²) in [4.78, 5) is 31.1. The Kier molecular flexibility index (Phi) is 7.28. The average molecular weight is 484 g/mol. The first-order valence-electron chi connectivity index (χ1n) is 9.96. The minimum atomic E-state index is -4.64. The van der Waals surface area contributed by atoms with E-state index in [0.29, 0.717) is 29.1 Å². The van der Waals surface area contributed by atoms with E-state index in [2.05, 4.69) is 30.2 Å². The van der Waals surface area contributed by atoms with E-state index in [1.54, 1.807) is 18.4 Å². The molecule has 1 atom stereocenters. The Balaban J connectivity index is 1.86. The molecule has 176 valence electrons. The molecule has 33 heavy (non-hydrogen) atoms. The highest BCUT2D eigenvalue weighted by Crippen LogP contribution is 2.27. The molecule has 9 nitrogen and oxygen atoms in total. The molecule has 0 fully saturated rings. The quantitative estimate of drug-likeness (QED) is 0.467. The molecule has 0 radical (unpaired) electrons. The van der Waals surface area contributed by atoms with Crippen LogP contribution in [0.5, 0.6) is 0 Å². The van der Waals surface area contributed by atoms with Crippen molar-refractivity contribution in [1.29, 1.82) is 0 Å². The SMILES string of the molecule is CCc1c(-c2nc(Cl)ncc2C)nc(C(=O)O)n1CC(C)NCc1ccnc(C(F)(F)F)n1. The zero-order chi connectivity index (χ0) is 24.3. The maximum atomic E-state index is 12.8. The highest BCUT2D eigenvalue weighted by atomic mass is 35.5. The zero-order valence-electron chi connectivity index (χ0n) is 18.0. The van der Waals surface area contributed by atoms with Crippen LogP contribution in [0.15, 0.2) is 18.5 Å². The van der Waals surface area contributed by atoms with Gasteiger partial charge in [0.25, 0.3) is 0 Å². The summed E-state index contributed by atoms with van der Waals surface area (Å²) in [5, 5.41) is 12.8. The minimum Gasteiger partial charge on any atom is -0.475 e. The molecule has 3 aromatic rings. The largest absolute Gasteiger partial charge is 0.475 e. The lowest BCUT2D eigenvalue weighted by atomic mass is 10.1. The van der Waals surface area contributed by atoms with Crippen molar-refractivity contribution >= 4 is 17.6 Å². The lowest BCUT2D eigenvalue weighted by molar-refractivity contribution is -0.145. The highest BCUT2D eigenvalue weighted by molar-refractivity contribution is 6.28. The summed E-state index contributed by atoms with van der Waals surface area (Å²) in [6, 6.07) is 1.06. The van der Waals surface area contributed by atoms with Crippen LogP contribution < -0.4 is 5.32 Å². The monoisotopic (exact) mass is 483 g/mol. The van der Waals surface area contributed by atoms with Gasteiger partial charge in [0, 0.05) is 37.2 Å². The number of nitrogens with one attached hydrogen (secondary N) is 1. The predicted molar refractivity (Wildman–Crippen MR) is 113 cm³/mol. The fourth-order valence-corrected chi connectivity index (χ4v) is 3.44. The van der Waals surface area contributed by atoms with Gasteiger partial charge in [-0.05, 0) is 43.5 Å². The van der Waals surface area contributed by atoms with E-state index >= 15 is 0 Å². The van der Waals surface area contributed by atoms with Gasteiger partial charge in [-0.3, -0.25) is 0 Å². The van der Waals surface area contributed by atoms with Crippen molar-refractivity contribution in [3.63, 3.8) is 0 Å². The Morgan fingerprint density at radius 3 is 2.61 bits per heavy atom. The normalized spacial score (nSPS) is 12.7. The van der Waals surface area contributed by atoms with Crippen LogP contribution in [0.4, 0.5) is 13.2 Å². The first kappa shape index (κ1) is 24.5. The Morgan fingerprint density at radius 2 is 1.97 bits per heavy atom. The van der Waals surface area contributed by atoms with Crippen LogP contribution in [0.25, 0.3) is 11.4 Å². The van der Waals surface area contributed by atoms with E-state index < -0.39 is 18.0 Å². The number of aryl methyl sites for hydroxylation is 1. The van der Waals surface area contributed by atoms with E-state index in [9.17, 15) is 23.1 Å². The maximum absolute atomic E-state index is 12.8. The summed E-state index contributed by atoms with van der Waals surface area (Å²) < 4.78 is 40.0. The van der Waals surface area contributed by atoms with Gasteiger partial charge in [-0.25, -0.2) is 29.7 Å². The van der Waals surface area contributed by atoms with Crippen molar-refractivity contribution < 1.29 is 23.1 Å². The number of aromatic carboxylic acids is 1. The van der Waals surface area contributed by atoms with Crippen LogP contribution in [-0.2, 0) is 25.7 Å². The average Bonchev–Trinajstić information content (AvgIpc) is 3.11. The Bertz CT molecular complexity index is 1170. The summed E-state index contributed by atoms with van der Waals surface area (Å²) in [7, 11) is 0. The van der Waals surface area contributed by atoms with Gasteiger partial charge in [0.1, 0.15) is 5.69 Å². The Hall–Kier alpha value is -3.12. The molecule has 0 saturated heterocycles. The Morgan fingerprint density at radius 1 is 1.24 bits per heavy atom. The van der Waals surface area contributed by atoms with Crippen molar-refractivity contribution in [1.82, 2.24) is 34.8 Å². The van der Waals surface area contributed by atoms with Gasteiger partial charge in [-0.15, -0.1) is 0 Å². The number of halogens is 4. The molecule has 3 aromatic heterocycles. The predicted octanol–water partition coefficient (Wildman–Crippen LogP) is 3.55. The lowest BCUT2D eigenvalue weighted by Gasteiger charge is -2.18. The minimum absolute atomic E-state index is 0.0159. The molecular formula is C20H21ClF3N7O2. The van der Waals surface area contributed by atoms with E-state index in [1.165, 1.54) is 12.3 Å². The molecule has 0 aliphatic carbocycles. The van der Waals surface area contributed by atoms with Crippen LogP contribution in [0.2, 0.25) is 5.28 Å². The molecule has 0 saturated carbocycles. The van der Waals surface area contributed by atoms with Gasteiger partial charge >= 0.3 is 12.1 Å². The fraction of sp³-hybridized carbons (Fsp3) is 0.400. The number of imidazole rings is 1. The van der Waals surface area contributed by atoms with Crippen LogP contribution in [-0.4, -0.2) is 46.6 Å². The molecule has 1 unspecified atom stereocenters. The highest BCUT2D eigenvalue weighted by Gasteiger charge is 2.34. The molecule has 0 bridgehead atoms. The number of carboxylic acids is 1. The van der Waals surface area contributed by atoms with Crippen LogP contribution in [0.3, 0.4) is 0 Å². The van der Waals surface area contributed by atoms with Gasteiger partial charge in [-0.1, -0.05) is 6.92 Å². The standard InChI is InChI=1S/C20H21ClF3N7O2/c1-4-13-15(14-10(2)7-27-19(21)30-14)29-16(17(32)33)31(13)9-11(3)26-8-12-5-6-25-18(28-12)20(22,23)24/h5-7,11,26H,4,8-9H2,1-3H3,(H,32,33). The van der Waals surface area contributed by atoms with Gasteiger partial charge in [0.05, 0.1) is 11.4 Å². The number of rotatable bonds is 8. The topological polar surface area (TPSA) is 119 Å². The molecule has 0 amide bonds. The van der Waals surface area contributed by atoms with Gasteiger partial charge in [-0.2, -0.15) is 13.2 Å². The smallest absolute Gasteiger partial charge is 0.451 e. The Labute approximate surface area is 192 Å².